The number of hydrogen-bond donors (Lipinski definition) is 0. The summed E-state index contributed by atoms with van der Waals surface area (Å²) in [5.74, 6) is -14.7. The fourth-order valence-corrected chi connectivity index (χ4v) is 8.59. The molecule has 42 heteroatoms. The summed E-state index contributed by atoms with van der Waals surface area (Å²) < 4.78 is 98.8. The van der Waals surface area contributed by atoms with Crippen LogP contribution < -0.4 is 0 Å². The second-order valence-corrected chi connectivity index (χ2v) is 27.4. The van der Waals surface area contributed by atoms with E-state index in [4.69, 9.17) is 52.1 Å². The topological polar surface area (TPSA) is 552 Å². The van der Waals surface area contributed by atoms with Crippen LogP contribution in [-0.4, -0.2) is 259 Å². The third-order valence-electron chi connectivity index (χ3n) is 14.5. The van der Waals surface area contributed by atoms with E-state index >= 15 is 0 Å². The third kappa shape index (κ3) is 39.6. The van der Waals surface area contributed by atoms with Crippen LogP contribution in [0.1, 0.15) is 109 Å². The van der Waals surface area contributed by atoms with Gasteiger partial charge in [0.1, 0.15) is 24.4 Å². The molecule has 0 radical (unpaired) electrons. The van der Waals surface area contributed by atoms with E-state index in [9.17, 15) is 101 Å². The van der Waals surface area contributed by atoms with Gasteiger partial charge in [0, 0.05) is 83.5 Å². The monoisotopic (exact) mass is 1670 g/mol. The lowest BCUT2D eigenvalue weighted by atomic mass is 9.90. The van der Waals surface area contributed by atoms with Crippen molar-refractivity contribution in [1.29, 1.82) is 0 Å². The quantitative estimate of drug-likeness (QED) is 0.0604. The van der Waals surface area contributed by atoms with E-state index in [-0.39, 0.29) is 68.5 Å². The number of rotatable bonds is 28. The molecule has 0 aromatic carbocycles. The Morgan fingerprint density at radius 3 is 0.829 bits per heavy atom. The van der Waals surface area contributed by atoms with Gasteiger partial charge in [0.25, 0.3) is 0 Å². The standard InChI is InChI=1S/2C12H16O6.2C11H14O6.2C10H12O6.C9H10O6/c1-7(2)10(14)16-5-8(13)18-9-11(15)17-6-12(9,3)4;1-7(2)10(14)16-6-9(13)17-8-5-12(3,4)18-11(8)15;1-4-8(12)15-6-9(13)16-7-5-11(2,3)17-10(7)14;1-4-7(12)15-5-8(13)17-9-10(14)16-6-11(9,2)3;1-6(2)9(12)15-5-8(11)16-7-3-4-14-10(7)13;1-3-7(11)14-5-8(12)16-9-6(2)4-15-10(9)13;1-2-7(10)14-5-8(11)15-6-3-4-13-9(6)12/h9H,1,5-6H2,2-4H3;8H,1,5-6H2,2-4H3;4,7H,1,5-6H2,2-3H3;4,9H,1,5-6H2,2-3H3;7H,1,3-5H2,2H3;3,6,9H,1,4-5H2,2H3;2,6H,1,3-5H2. The summed E-state index contributed by atoms with van der Waals surface area (Å²) in [5, 5.41) is 0. The van der Waals surface area contributed by atoms with Crippen LogP contribution in [0.25, 0.3) is 0 Å². The summed E-state index contributed by atoms with van der Waals surface area (Å²) in [6.07, 6.45) is -1.50. The average Bonchev–Trinajstić information content (AvgIpc) is 1.69. The van der Waals surface area contributed by atoms with Gasteiger partial charge in [-0.2, -0.15) is 0 Å². The molecule has 7 fully saturated rings. The maximum Gasteiger partial charge on any atom is 0.348 e. The van der Waals surface area contributed by atoms with Crippen molar-refractivity contribution in [2.24, 2.45) is 16.7 Å². The molecule has 0 amide bonds. The maximum absolute atomic E-state index is 11.4. The normalized spacial score (nSPS) is 21.0. The van der Waals surface area contributed by atoms with Gasteiger partial charge >= 0.3 is 125 Å². The molecule has 0 bridgehead atoms. The average molecular weight is 1670 g/mol. The van der Waals surface area contributed by atoms with Crippen molar-refractivity contribution < 1.29 is 200 Å². The first-order valence-electron chi connectivity index (χ1n) is 34.6. The number of hydrogen-bond acceptors (Lipinski definition) is 42. The molecule has 0 saturated carbocycles. The molecule has 0 spiro atoms. The Hall–Kier alpha value is -12.9. The minimum absolute atomic E-state index is 0.184. The highest BCUT2D eigenvalue weighted by atomic mass is 16.7. The molecule has 0 aromatic heterocycles. The van der Waals surface area contributed by atoms with Crippen molar-refractivity contribution >= 4 is 125 Å². The molecule has 42 nitrogen and oxygen atoms in total. The number of carbonyl (C=O) groups excluding carboxylic acids is 21. The van der Waals surface area contributed by atoms with Crippen LogP contribution >= 0.6 is 0 Å². The Morgan fingerprint density at radius 2 is 0.615 bits per heavy atom. The number of esters is 21. The smallest absolute Gasteiger partial charge is 0.348 e. The fourth-order valence-electron chi connectivity index (χ4n) is 8.59. The molecule has 8 unspecified atom stereocenters. The minimum atomic E-state index is -0.964. The molecule has 0 aromatic rings. The zero-order valence-corrected chi connectivity index (χ0v) is 66.3. The van der Waals surface area contributed by atoms with Gasteiger partial charge in [-0.25, -0.2) is 101 Å². The second-order valence-electron chi connectivity index (χ2n) is 27.4. The minimum Gasteiger partial charge on any atom is -0.463 e. The fraction of sp³-hybridized carbons (Fsp3) is 0.533. The molecular formula is C75H94O42. The van der Waals surface area contributed by atoms with Gasteiger partial charge in [-0.15, -0.1) is 0 Å². The Morgan fingerprint density at radius 1 is 0.350 bits per heavy atom. The predicted octanol–water partition coefficient (Wildman–Crippen LogP) is 1.27. The summed E-state index contributed by atoms with van der Waals surface area (Å²) in [6, 6.07) is 0. The molecule has 117 heavy (non-hydrogen) atoms. The van der Waals surface area contributed by atoms with Crippen molar-refractivity contribution in [3.8, 4) is 0 Å². The molecule has 0 aliphatic carbocycles. The Kier molecular flexibility index (Phi) is 42.7. The van der Waals surface area contributed by atoms with E-state index in [0.29, 0.717) is 12.8 Å². The van der Waals surface area contributed by atoms with Gasteiger partial charge in [-0.05, 0) is 48.5 Å². The molecule has 8 atom stereocenters. The maximum atomic E-state index is 11.4. The zero-order valence-electron chi connectivity index (χ0n) is 66.3. The van der Waals surface area contributed by atoms with Crippen LogP contribution in [0.3, 0.4) is 0 Å². The molecule has 0 N–H and O–H groups in total. The molecule has 7 aliphatic rings. The lowest BCUT2D eigenvalue weighted by molar-refractivity contribution is -0.168. The predicted molar refractivity (Wildman–Crippen MR) is 381 cm³/mol. The van der Waals surface area contributed by atoms with Crippen LogP contribution in [-0.2, 0) is 200 Å². The first-order chi connectivity index (χ1) is 54.3. The summed E-state index contributed by atoms with van der Waals surface area (Å²) >= 11 is 0. The zero-order chi connectivity index (χ0) is 89.5. The first kappa shape index (κ1) is 102. The summed E-state index contributed by atoms with van der Waals surface area (Å²) in [4.78, 5) is 232. The molecule has 646 valence electrons. The summed E-state index contributed by atoms with van der Waals surface area (Å²) in [6.45, 7) is 40.0. The summed E-state index contributed by atoms with van der Waals surface area (Å²) in [7, 11) is 0. The number of ether oxygens (including phenoxy) is 21. The van der Waals surface area contributed by atoms with Crippen molar-refractivity contribution in [3.05, 3.63) is 87.1 Å². The Labute approximate surface area is 669 Å². The van der Waals surface area contributed by atoms with Gasteiger partial charge < -0.3 is 99.5 Å². The van der Waals surface area contributed by atoms with Gasteiger partial charge in [-0.1, -0.05) is 80.7 Å². The molecular weight excluding hydrogens is 1570 g/mol. The van der Waals surface area contributed by atoms with Crippen LogP contribution in [0.2, 0.25) is 0 Å². The number of carbonyl (C=O) groups is 21. The van der Waals surface area contributed by atoms with E-state index in [0.717, 1.165) is 24.3 Å². The summed E-state index contributed by atoms with van der Waals surface area (Å²) in [5.41, 5.74) is -1.88. The second kappa shape index (κ2) is 49.0. The van der Waals surface area contributed by atoms with E-state index in [1.165, 1.54) is 20.8 Å². The first-order valence-corrected chi connectivity index (χ1v) is 34.6. The van der Waals surface area contributed by atoms with Gasteiger partial charge in [-0.3, -0.25) is 0 Å². The van der Waals surface area contributed by atoms with Crippen LogP contribution in [0.4, 0.5) is 0 Å². The van der Waals surface area contributed by atoms with Gasteiger partial charge in [0.15, 0.2) is 46.2 Å². The highest BCUT2D eigenvalue weighted by molar-refractivity contribution is 5.92. The molecule has 7 heterocycles. The van der Waals surface area contributed by atoms with Crippen LogP contribution in [0.15, 0.2) is 87.1 Å². The van der Waals surface area contributed by atoms with Crippen LogP contribution in [0, 0.1) is 16.7 Å². The van der Waals surface area contributed by atoms with Gasteiger partial charge in [0.05, 0.1) is 19.8 Å². The number of cyclic esters (lactones) is 7. The Balaban J connectivity index is 0.000000683. The van der Waals surface area contributed by atoms with Crippen molar-refractivity contribution in [2.75, 3.05) is 79.3 Å². The van der Waals surface area contributed by atoms with E-state index in [1.807, 2.05) is 0 Å². The Bertz CT molecular complexity index is 3800. The third-order valence-corrected chi connectivity index (χ3v) is 14.5. The molecule has 7 aliphatic heterocycles. The molecule has 7 rings (SSSR count). The van der Waals surface area contributed by atoms with E-state index < -0.39 is 236 Å². The largest absolute Gasteiger partial charge is 0.463 e. The highest BCUT2D eigenvalue weighted by Gasteiger charge is 2.49. The van der Waals surface area contributed by atoms with Crippen LogP contribution in [0.5, 0.6) is 0 Å². The van der Waals surface area contributed by atoms with Crippen molar-refractivity contribution in [3.63, 3.8) is 0 Å². The van der Waals surface area contributed by atoms with Gasteiger partial charge in [0.2, 0.25) is 42.7 Å². The lowest BCUT2D eigenvalue weighted by Crippen LogP contribution is -2.36. The van der Waals surface area contributed by atoms with E-state index in [1.54, 1.807) is 62.3 Å². The van der Waals surface area contributed by atoms with E-state index in [2.05, 4.69) is 93.4 Å². The van der Waals surface area contributed by atoms with Crippen molar-refractivity contribution in [2.45, 2.75) is 163 Å². The highest BCUT2D eigenvalue weighted by Crippen LogP contribution is 2.33. The lowest BCUT2D eigenvalue weighted by Gasteiger charge is -2.21. The van der Waals surface area contributed by atoms with Crippen molar-refractivity contribution in [1.82, 2.24) is 0 Å². The molecule has 7 saturated heterocycles. The SMILES string of the molecule is C=C(C)C(=O)OCC(=O)OC1C(=O)OCC1(C)C.C=C(C)C(=O)OCC(=O)OC1CC(C)(C)OC1=O.C=C(C)C(=O)OCC(=O)OC1CCOC1=O.C=CC(=O)OCC(=O)OC1C(=O)OCC1(C)C.C=CC(=O)OCC(=O)OC1C(=O)OCC1C.C=CC(=O)OCC(=O)OC1CC(C)(C)OC1=O.C=CC(=O)OCC(=O)OC1CCOC1=O.